The predicted octanol–water partition coefficient (Wildman–Crippen LogP) is 1.65. The normalized spacial score (nSPS) is 26.3. The Labute approximate surface area is 128 Å². The van der Waals surface area contributed by atoms with Gasteiger partial charge in [-0.2, -0.15) is 0 Å². The van der Waals surface area contributed by atoms with Crippen LogP contribution in [0.15, 0.2) is 4.99 Å². The van der Waals surface area contributed by atoms with Crippen molar-refractivity contribution < 1.29 is 4.79 Å². The van der Waals surface area contributed by atoms with E-state index in [1.807, 2.05) is 0 Å². The molecule has 0 saturated heterocycles. The van der Waals surface area contributed by atoms with E-state index in [0.29, 0.717) is 19.1 Å². The predicted molar refractivity (Wildman–Crippen MR) is 86.3 cm³/mol. The highest BCUT2D eigenvalue weighted by Crippen LogP contribution is 2.28. The van der Waals surface area contributed by atoms with Crippen LogP contribution in [0.4, 0.5) is 0 Å². The van der Waals surface area contributed by atoms with E-state index >= 15 is 0 Å². The highest BCUT2D eigenvalue weighted by Gasteiger charge is 2.28. The number of carbonyl (C=O) groups excluding carboxylic acids is 1. The molecule has 3 N–H and O–H groups in total. The second-order valence-electron chi connectivity index (χ2n) is 6.43. The van der Waals surface area contributed by atoms with E-state index in [1.165, 1.54) is 25.7 Å². The minimum Gasteiger partial charge on any atom is -0.357 e. The number of hydrogen-bond donors (Lipinski definition) is 3. The third-order valence-corrected chi connectivity index (χ3v) is 4.33. The smallest absolute Gasteiger partial charge is 0.223 e. The molecule has 0 bridgehead atoms. The van der Waals surface area contributed by atoms with Crippen molar-refractivity contribution in [3.8, 4) is 0 Å². The van der Waals surface area contributed by atoms with Crippen LogP contribution < -0.4 is 16.0 Å². The van der Waals surface area contributed by atoms with Gasteiger partial charge in [-0.15, -0.1) is 0 Å². The number of nitrogens with one attached hydrogen (secondary N) is 3. The molecule has 0 radical (unpaired) electrons. The van der Waals surface area contributed by atoms with Gasteiger partial charge >= 0.3 is 0 Å². The lowest BCUT2D eigenvalue weighted by Crippen LogP contribution is -2.45. The number of aliphatic imine (C=N–C) groups is 1. The van der Waals surface area contributed by atoms with Crippen LogP contribution in [-0.4, -0.2) is 37.5 Å². The quantitative estimate of drug-likeness (QED) is 0.396. The summed E-state index contributed by atoms with van der Waals surface area (Å²) >= 11 is 0. The molecule has 2 aliphatic rings. The van der Waals surface area contributed by atoms with Gasteiger partial charge in [-0.25, -0.2) is 0 Å². The van der Waals surface area contributed by atoms with E-state index in [0.717, 1.165) is 31.3 Å². The van der Waals surface area contributed by atoms with E-state index in [9.17, 15) is 4.79 Å². The first-order chi connectivity index (χ1) is 10.2. The Morgan fingerprint density at radius 1 is 1.10 bits per heavy atom. The number of hydrogen-bond acceptors (Lipinski definition) is 2. The lowest BCUT2D eigenvalue weighted by atomic mass is 9.87. The van der Waals surface area contributed by atoms with Crippen LogP contribution in [0.1, 0.15) is 52.4 Å². The second kappa shape index (κ2) is 8.25. The molecule has 0 heterocycles. The molecule has 0 aromatic rings. The molecule has 21 heavy (non-hydrogen) atoms. The van der Waals surface area contributed by atoms with Gasteiger partial charge in [0.25, 0.3) is 0 Å². The maximum Gasteiger partial charge on any atom is 0.223 e. The Balaban J connectivity index is 1.69. The molecule has 2 rings (SSSR count). The van der Waals surface area contributed by atoms with Crippen LogP contribution in [0, 0.1) is 11.8 Å². The summed E-state index contributed by atoms with van der Waals surface area (Å²) in [6, 6.07) is 0.542. The summed E-state index contributed by atoms with van der Waals surface area (Å²) in [6.07, 6.45) is 7.16. The standard InChI is InChI=1S/C16H30N4O/c1-3-17-16(20-14-8-4-12(2)5-9-14)19-11-10-18-15(21)13-6-7-13/h12-14H,3-11H2,1-2H3,(H,18,21)(H2,17,19,20). The van der Waals surface area contributed by atoms with Gasteiger partial charge in [0.1, 0.15) is 0 Å². The first-order valence-electron chi connectivity index (χ1n) is 8.51. The molecular formula is C16H30N4O. The molecule has 1 amide bonds. The van der Waals surface area contributed by atoms with Gasteiger partial charge < -0.3 is 16.0 Å². The maximum absolute atomic E-state index is 11.5. The molecule has 120 valence electrons. The van der Waals surface area contributed by atoms with Gasteiger partial charge in [-0.1, -0.05) is 6.92 Å². The second-order valence-corrected chi connectivity index (χ2v) is 6.43. The van der Waals surface area contributed by atoms with Crippen LogP contribution in [-0.2, 0) is 4.79 Å². The minimum absolute atomic E-state index is 0.199. The Morgan fingerprint density at radius 2 is 1.81 bits per heavy atom. The largest absolute Gasteiger partial charge is 0.357 e. The Hall–Kier alpha value is -1.26. The van der Waals surface area contributed by atoms with Crippen molar-refractivity contribution in [3.05, 3.63) is 0 Å². The van der Waals surface area contributed by atoms with Gasteiger partial charge in [0, 0.05) is 25.0 Å². The summed E-state index contributed by atoms with van der Waals surface area (Å²) in [7, 11) is 0. The van der Waals surface area contributed by atoms with Gasteiger partial charge in [0.15, 0.2) is 5.96 Å². The average Bonchev–Trinajstić information content (AvgIpc) is 3.30. The summed E-state index contributed by atoms with van der Waals surface area (Å²) in [5.41, 5.74) is 0. The van der Waals surface area contributed by atoms with Crippen molar-refractivity contribution >= 4 is 11.9 Å². The molecule has 2 aliphatic carbocycles. The molecular weight excluding hydrogens is 264 g/mol. The van der Waals surface area contributed by atoms with E-state index in [2.05, 4.69) is 34.8 Å². The third-order valence-electron chi connectivity index (χ3n) is 4.33. The topological polar surface area (TPSA) is 65.5 Å². The first-order valence-corrected chi connectivity index (χ1v) is 8.51. The Morgan fingerprint density at radius 3 is 2.43 bits per heavy atom. The molecule has 0 atom stereocenters. The number of carbonyl (C=O) groups is 1. The van der Waals surface area contributed by atoms with E-state index in [1.54, 1.807) is 0 Å². The number of nitrogens with zero attached hydrogens (tertiary/aromatic N) is 1. The summed E-state index contributed by atoms with van der Waals surface area (Å²) < 4.78 is 0. The fourth-order valence-electron chi connectivity index (χ4n) is 2.75. The van der Waals surface area contributed by atoms with Gasteiger partial charge in [-0.3, -0.25) is 9.79 Å². The summed E-state index contributed by atoms with van der Waals surface area (Å²) in [5.74, 6) is 2.23. The number of rotatable bonds is 6. The zero-order valence-electron chi connectivity index (χ0n) is 13.5. The van der Waals surface area contributed by atoms with Gasteiger partial charge in [0.2, 0.25) is 5.91 Å². The number of amides is 1. The monoisotopic (exact) mass is 294 g/mol. The van der Waals surface area contributed by atoms with Crippen LogP contribution in [0.2, 0.25) is 0 Å². The molecule has 5 nitrogen and oxygen atoms in total. The zero-order chi connectivity index (χ0) is 15.1. The molecule has 2 saturated carbocycles. The van der Waals surface area contributed by atoms with Gasteiger partial charge in [-0.05, 0) is 51.4 Å². The van der Waals surface area contributed by atoms with Crippen molar-refractivity contribution in [1.82, 2.24) is 16.0 Å². The fraction of sp³-hybridized carbons (Fsp3) is 0.875. The minimum atomic E-state index is 0.199. The zero-order valence-corrected chi connectivity index (χ0v) is 13.5. The molecule has 0 aliphatic heterocycles. The van der Waals surface area contributed by atoms with E-state index < -0.39 is 0 Å². The molecule has 0 unspecified atom stereocenters. The Bertz CT molecular complexity index is 357. The summed E-state index contributed by atoms with van der Waals surface area (Å²) in [4.78, 5) is 16.1. The van der Waals surface area contributed by atoms with Crippen molar-refractivity contribution in [2.24, 2.45) is 16.8 Å². The summed E-state index contributed by atoms with van der Waals surface area (Å²) in [6.45, 7) is 6.54. The average molecular weight is 294 g/mol. The lowest BCUT2D eigenvalue weighted by molar-refractivity contribution is -0.122. The van der Waals surface area contributed by atoms with E-state index in [4.69, 9.17) is 0 Å². The van der Waals surface area contributed by atoms with Crippen molar-refractivity contribution in [2.75, 3.05) is 19.6 Å². The molecule has 0 aromatic carbocycles. The first kappa shape index (κ1) is 16.1. The SMILES string of the molecule is CCNC(=NCCNC(=O)C1CC1)NC1CCC(C)CC1. The van der Waals surface area contributed by atoms with E-state index in [-0.39, 0.29) is 11.8 Å². The lowest BCUT2D eigenvalue weighted by Gasteiger charge is -2.28. The van der Waals surface area contributed by atoms with Crippen molar-refractivity contribution in [2.45, 2.75) is 58.4 Å². The van der Waals surface area contributed by atoms with Crippen LogP contribution in [0.3, 0.4) is 0 Å². The van der Waals surface area contributed by atoms with Gasteiger partial charge in [0.05, 0.1) is 6.54 Å². The Kier molecular flexibility index (Phi) is 6.33. The van der Waals surface area contributed by atoms with Crippen molar-refractivity contribution in [3.63, 3.8) is 0 Å². The maximum atomic E-state index is 11.5. The van der Waals surface area contributed by atoms with Crippen molar-refractivity contribution in [1.29, 1.82) is 0 Å². The van der Waals surface area contributed by atoms with Crippen LogP contribution in [0.5, 0.6) is 0 Å². The highest BCUT2D eigenvalue weighted by molar-refractivity contribution is 5.81. The molecule has 0 aromatic heterocycles. The number of guanidine groups is 1. The third kappa shape index (κ3) is 5.94. The van der Waals surface area contributed by atoms with Crippen LogP contribution >= 0.6 is 0 Å². The molecule has 5 heteroatoms. The molecule has 2 fully saturated rings. The highest BCUT2D eigenvalue weighted by atomic mass is 16.2. The molecule has 0 spiro atoms. The van der Waals surface area contributed by atoms with Crippen LogP contribution in [0.25, 0.3) is 0 Å². The fourth-order valence-corrected chi connectivity index (χ4v) is 2.75. The summed E-state index contributed by atoms with van der Waals surface area (Å²) in [5, 5.41) is 9.77.